The molecule has 214 valence electrons. The van der Waals surface area contributed by atoms with E-state index >= 15 is 0 Å². The van der Waals surface area contributed by atoms with E-state index in [1.807, 2.05) is 25.7 Å². The molecule has 5 heterocycles. The molecule has 3 aromatic rings. The second-order valence-electron chi connectivity index (χ2n) is 11.2. The van der Waals surface area contributed by atoms with Crippen LogP contribution in [0.5, 0.6) is 5.75 Å². The number of carbonyl (C=O) groups is 2. The van der Waals surface area contributed by atoms with E-state index in [1.54, 1.807) is 16.5 Å². The van der Waals surface area contributed by atoms with Gasteiger partial charge < -0.3 is 23.7 Å². The Bertz CT molecular complexity index is 1430. The van der Waals surface area contributed by atoms with Gasteiger partial charge in [0.1, 0.15) is 10.6 Å². The molecule has 2 aromatic heterocycles. The molecule has 2 bridgehead atoms. The normalized spacial score (nSPS) is 21.1. The van der Waals surface area contributed by atoms with E-state index in [0.29, 0.717) is 36.8 Å². The molecule has 10 nitrogen and oxygen atoms in total. The Hall–Kier alpha value is -3.55. The van der Waals surface area contributed by atoms with Crippen molar-refractivity contribution in [1.29, 1.82) is 0 Å². The maximum absolute atomic E-state index is 13.6. The van der Waals surface area contributed by atoms with E-state index in [9.17, 15) is 22.8 Å². The van der Waals surface area contributed by atoms with Crippen molar-refractivity contribution in [2.75, 3.05) is 31.1 Å². The zero-order valence-corrected chi connectivity index (χ0v) is 23.0. The number of thiazole rings is 1. The number of nitrogens with zero attached hydrogens (tertiary/aromatic N) is 5. The number of carbonyl (C=O) groups excluding carboxylic acids is 2. The summed E-state index contributed by atoms with van der Waals surface area (Å²) in [7, 11) is 0. The van der Waals surface area contributed by atoms with E-state index in [1.165, 1.54) is 22.3 Å². The van der Waals surface area contributed by atoms with Crippen LogP contribution in [0.3, 0.4) is 0 Å². The largest absolute Gasteiger partial charge is 0.573 e. The van der Waals surface area contributed by atoms with E-state index < -0.39 is 29.7 Å². The van der Waals surface area contributed by atoms with Gasteiger partial charge in [0.15, 0.2) is 16.8 Å². The van der Waals surface area contributed by atoms with Crippen LogP contribution in [0.25, 0.3) is 21.7 Å². The number of benzene rings is 1. The van der Waals surface area contributed by atoms with Crippen LogP contribution in [0.1, 0.15) is 50.4 Å². The van der Waals surface area contributed by atoms with Crippen LogP contribution in [-0.2, 0) is 4.74 Å². The third-order valence-corrected chi connectivity index (χ3v) is 8.03. The number of hydrogen-bond acceptors (Lipinski definition) is 9. The van der Waals surface area contributed by atoms with E-state index in [2.05, 4.69) is 14.7 Å². The minimum atomic E-state index is -5.06. The second kappa shape index (κ2) is 9.53. The lowest BCUT2D eigenvalue weighted by Gasteiger charge is -2.40. The van der Waals surface area contributed by atoms with Crippen LogP contribution >= 0.6 is 11.3 Å². The molecule has 3 fully saturated rings. The van der Waals surface area contributed by atoms with Crippen molar-refractivity contribution >= 4 is 40.5 Å². The number of likely N-dealkylation sites (tertiary alicyclic amines) is 1. The van der Waals surface area contributed by atoms with Gasteiger partial charge in [0.05, 0.1) is 23.2 Å². The quantitative estimate of drug-likeness (QED) is 0.411. The van der Waals surface area contributed by atoms with Crippen LogP contribution in [0, 0.1) is 0 Å². The maximum Gasteiger partial charge on any atom is 0.573 e. The van der Waals surface area contributed by atoms with Crippen molar-refractivity contribution in [3.63, 3.8) is 0 Å². The molecule has 0 N–H and O–H groups in total. The van der Waals surface area contributed by atoms with E-state index in [0.717, 1.165) is 19.3 Å². The first-order valence-electron chi connectivity index (χ1n) is 13.1. The Morgan fingerprint density at radius 2 is 1.82 bits per heavy atom. The van der Waals surface area contributed by atoms with E-state index in [-0.39, 0.29) is 34.8 Å². The fraction of sp³-hybridized carbons (Fsp3) is 0.538. The lowest BCUT2D eigenvalue weighted by atomic mass is 10.0. The van der Waals surface area contributed by atoms with Gasteiger partial charge in [-0.05, 0) is 46.1 Å². The molecule has 3 aliphatic heterocycles. The van der Waals surface area contributed by atoms with Crippen LogP contribution in [0.2, 0.25) is 0 Å². The number of amides is 2. The molecule has 1 aromatic carbocycles. The highest BCUT2D eigenvalue weighted by Gasteiger charge is 2.46. The maximum atomic E-state index is 13.6. The SMILES string of the molecule is CC(C)(C)OC(=O)N1C2CCC1CN(c1nc3c(OC(F)(F)F)c(C(=O)N4CCC4)cc(-c4nccs4)c3o1)C2. The molecular weight excluding hydrogens is 551 g/mol. The first-order chi connectivity index (χ1) is 18.9. The first kappa shape index (κ1) is 26.7. The van der Waals surface area contributed by atoms with Gasteiger partial charge in [-0.25, -0.2) is 9.78 Å². The summed E-state index contributed by atoms with van der Waals surface area (Å²) in [6.07, 6.45) is -1.61. The Kier molecular flexibility index (Phi) is 6.35. The number of anilines is 1. The van der Waals surface area contributed by atoms with Crippen molar-refractivity contribution < 1.29 is 36.7 Å². The monoisotopic (exact) mass is 579 g/mol. The minimum absolute atomic E-state index is 0.0475. The van der Waals surface area contributed by atoms with Gasteiger partial charge in [-0.1, -0.05) is 0 Å². The number of rotatable bonds is 4. The highest BCUT2D eigenvalue weighted by molar-refractivity contribution is 7.13. The van der Waals surface area contributed by atoms with Gasteiger partial charge in [-0.3, -0.25) is 9.69 Å². The smallest absolute Gasteiger partial charge is 0.444 e. The molecule has 2 amide bonds. The van der Waals surface area contributed by atoms with Crippen molar-refractivity contribution in [2.24, 2.45) is 0 Å². The van der Waals surface area contributed by atoms with Gasteiger partial charge in [0.2, 0.25) is 0 Å². The summed E-state index contributed by atoms with van der Waals surface area (Å²) in [5.41, 5.74) is -0.681. The lowest BCUT2D eigenvalue weighted by molar-refractivity contribution is -0.274. The number of hydrogen-bond donors (Lipinski definition) is 0. The summed E-state index contributed by atoms with van der Waals surface area (Å²) < 4.78 is 57.0. The lowest BCUT2D eigenvalue weighted by Crippen LogP contribution is -2.56. The summed E-state index contributed by atoms with van der Waals surface area (Å²) >= 11 is 1.26. The van der Waals surface area contributed by atoms with Crippen molar-refractivity contribution in [2.45, 2.75) is 64.1 Å². The summed E-state index contributed by atoms with van der Waals surface area (Å²) in [4.78, 5) is 39.9. The van der Waals surface area contributed by atoms with E-state index in [4.69, 9.17) is 9.15 Å². The minimum Gasteiger partial charge on any atom is -0.444 e. The second-order valence-corrected chi connectivity index (χ2v) is 12.1. The zero-order chi connectivity index (χ0) is 28.4. The molecule has 14 heteroatoms. The number of fused-ring (bicyclic) bond motifs is 3. The highest BCUT2D eigenvalue weighted by atomic mass is 32.1. The molecule has 2 unspecified atom stereocenters. The molecule has 0 saturated carbocycles. The predicted molar refractivity (Wildman–Crippen MR) is 139 cm³/mol. The summed E-state index contributed by atoms with van der Waals surface area (Å²) in [6.45, 7) is 7.05. The van der Waals surface area contributed by atoms with Crippen molar-refractivity contribution in [3.8, 4) is 16.3 Å². The van der Waals surface area contributed by atoms with Crippen molar-refractivity contribution in [3.05, 3.63) is 23.2 Å². The number of alkyl halides is 3. The predicted octanol–water partition coefficient (Wildman–Crippen LogP) is 5.28. The van der Waals surface area contributed by atoms with Gasteiger partial charge in [0.25, 0.3) is 11.9 Å². The van der Waals surface area contributed by atoms with Crippen molar-refractivity contribution in [1.82, 2.24) is 19.8 Å². The number of halogens is 3. The standard InChI is InChI=1S/C26H28F3N5O5S/c1-25(2,3)39-24(36)34-14-5-6-15(34)13-33(12-14)23-31-18-19(37-23)16(21-30-7-10-40-21)11-17(20(18)38-26(27,28)29)22(35)32-8-4-9-32/h7,10-11,14-15H,4-6,8-9,12-13H2,1-3H3. The van der Waals surface area contributed by atoms with Crippen LogP contribution in [-0.4, -0.2) is 82.0 Å². The van der Waals surface area contributed by atoms with Crippen LogP contribution < -0.4 is 9.64 Å². The molecular formula is C26H28F3N5O5S. The third-order valence-electron chi connectivity index (χ3n) is 7.22. The fourth-order valence-electron chi connectivity index (χ4n) is 5.44. The average molecular weight is 580 g/mol. The first-order valence-corrected chi connectivity index (χ1v) is 13.9. The summed E-state index contributed by atoms with van der Waals surface area (Å²) in [6, 6.07) is 1.10. The molecule has 0 spiro atoms. The molecule has 6 rings (SSSR count). The Morgan fingerprint density at radius 3 is 2.38 bits per heavy atom. The van der Waals surface area contributed by atoms with Gasteiger partial charge in [0, 0.05) is 37.8 Å². The van der Waals surface area contributed by atoms with Gasteiger partial charge in [-0.2, -0.15) is 4.98 Å². The molecule has 3 saturated heterocycles. The summed E-state index contributed by atoms with van der Waals surface area (Å²) in [5, 5.41) is 2.20. The molecule has 3 aliphatic rings. The fourth-order valence-corrected chi connectivity index (χ4v) is 6.09. The van der Waals surface area contributed by atoms with Gasteiger partial charge >= 0.3 is 12.5 Å². The zero-order valence-electron chi connectivity index (χ0n) is 22.2. The van der Waals surface area contributed by atoms with Crippen LogP contribution in [0.15, 0.2) is 22.1 Å². The number of aromatic nitrogens is 2. The highest BCUT2D eigenvalue weighted by Crippen LogP contribution is 2.44. The molecule has 2 atom stereocenters. The Balaban J connectivity index is 1.41. The third kappa shape index (κ3) is 4.93. The van der Waals surface area contributed by atoms with Crippen LogP contribution in [0.4, 0.5) is 24.0 Å². The summed E-state index contributed by atoms with van der Waals surface area (Å²) in [5.74, 6) is -1.26. The van der Waals surface area contributed by atoms with Gasteiger partial charge in [-0.15, -0.1) is 24.5 Å². The molecule has 40 heavy (non-hydrogen) atoms. The number of piperazine rings is 1. The Labute approximate surface area is 231 Å². The number of oxazole rings is 1. The molecule has 0 radical (unpaired) electrons. The Morgan fingerprint density at radius 1 is 1.12 bits per heavy atom. The average Bonchev–Trinajstić information content (AvgIpc) is 3.54. The number of ether oxygens (including phenoxy) is 2. The topological polar surface area (TPSA) is 101 Å². The molecule has 0 aliphatic carbocycles.